The van der Waals surface area contributed by atoms with Crippen LogP contribution in [-0.2, 0) is 16.0 Å². The molecule has 1 amide bonds. The maximum absolute atomic E-state index is 11.4. The molecule has 2 aromatic rings. The highest BCUT2D eigenvalue weighted by molar-refractivity contribution is 5.87. The summed E-state index contributed by atoms with van der Waals surface area (Å²) in [6, 6.07) is 6.60. The summed E-state index contributed by atoms with van der Waals surface area (Å²) < 4.78 is 0. The van der Waals surface area contributed by atoms with E-state index >= 15 is 0 Å². The third-order valence-electron chi connectivity index (χ3n) is 2.99. The molecule has 0 radical (unpaired) electrons. The highest BCUT2D eigenvalue weighted by atomic mass is 16.4. The summed E-state index contributed by atoms with van der Waals surface area (Å²) in [4.78, 5) is 25.7. The Morgan fingerprint density at radius 1 is 1.40 bits per heavy atom. The third kappa shape index (κ3) is 2.98. The van der Waals surface area contributed by atoms with E-state index in [9.17, 15) is 14.7 Å². The van der Waals surface area contributed by atoms with Gasteiger partial charge in [0, 0.05) is 23.5 Å². The van der Waals surface area contributed by atoms with Crippen molar-refractivity contribution >= 4 is 22.8 Å². The molecule has 0 aliphatic heterocycles. The number of terminal acetylenes is 1. The van der Waals surface area contributed by atoms with Crippen LogP contribution in [0.1, 0.15) is 12.0 Å². The van der Waals surface area contributed by atoms with Crippen molar-refractivity contribution in [3.05, 3.63) is 36.0 Å². The van der Waals surface area contributed by atoms with Gasteiger partial charge in [0.25, 0.3) is 0 Å². The minimum absolute atomic E-state index is 0.127. The summed E-state index contributed by atoms with van der Waals surface area (Å²) in [5.41, 5.74) is 1.77. The first-order valence-corrected chi connectivity index (χ1v) is 6.12. The number of aromatic amines is 1. The molecule has 0 aliphatic carbocycles. The Hall–Kier alpha value is -2.74. The van der Waals surface area contributed by atoms with Crippen molar-refractivity contribution in [1.82, 2.24) is 10.3 Å². The van der Waals surface area contributed by atoms with Crippen molar-refractivity contribution in [1.29, 1.82) is 0 Å². The minimum atomic E-state index is -1.08. The van der Waals surface area contributed by atoms with Crippen LogP contribution >= 0.6 is 0 Å². The third-order valence-corrected chi connectivity index (χ3v) is 2.99. The van der Waals surface area contributed by atoms with Gasteiger partial charge >= 0.3 is 5.97 Å². The number of carbonyl (C=O) groups excluding carboxylic acids is 1. The van der Waals surface area contributed by atoms with Crippen LogP contribution in [0.2, 0.25) is 0 Å². The number of nitrogens with one attached hydrogen (secondary N) is 2. The van der Waals surface area contributed by atoms with E-state index < -0.39 is 17.9 Å². The maximum Gasteiger partial charge on any atom is 0.326 e. The largest absolute Gasteiger partial charge is 0.480 e. The Kier molecular flexibility index (Phi) is 4.06. The van der Waals surface area contributed by atoms with E-state index in [0.717, 1.165) is 16.5 Å². The zero-order valence-electron chi connectivity index (χ0n) is 10.7. The number of rotatable bonds is 5. The highest BCUT2D eigenvalue weighted by Crippen LogP contribution is 2.19. The molecule has 3 N–H and O–H groups in total. The van der Waals surface area contributed by atoms with E-state index in [-0.39, 0.29) is 12.8 Å². The SMILES string of the molecule is C#CCC(=O)NC(Cc1c[nH]c2ccccc12)C(=O)O. The second-order valence-corrected chi connectivity index (χ2v) is 4.40. The number of carboxylic acid groups (broad SMARTS) is 1. The summed E-state index contributed by atoms with van der Waals surface area (Å²) in [5.74, 6) is 0.648. The van der Waals surface area contributed by atoms with Crippen molar-refractivity contribution in [2.45, 2.75) is 18.9 Å². The smallest absolute Gasteiger partial charge is 0.326 e. The number of aromatic nitrogens is 1. The maximum atomic E-state index is 11.4. The molecule has 1 aromatic carbocycles. The zero-order valence-corrected chi connectivity index (χ0v) is 10.7. The van der Waals surface area contributed by atoms with Crippen LogP contribution in [0.4, 0.5) is 0 Å². The highest BCUT2D eigenvalue weighted by Gasteiger charge is 2.21. The normalized spacial score (nSPS) is 11.8. The number of para-hydroxylation sites is 1. The second-order valence-electron chi connectivity index (χ2n) is 4.40. The molecule has 0 bridgehead atoms. The van der Waals surface area contributed by atoms with Gasteiger partial charge in [-0.2, -0.15) is 0 Å². The molecule has 5 nitrogen and oxygen atoms in total. The Labute approximate surface area is 116 Å². The van der Waals surface area contributed by atoms with Gasteiger partial charge in [0.2, 0.25) is 5.91 Å². The predicted molar refractivity (Wildman–Crippen MR) is 75.0 cm³/mol. The number of hydrogen-bond donors (Lipinski definition) is 3. The van der Waals surface area contributed by atoms with Gasteiger partial charge in [-0.3, -0.25) is 4.79 Å². The van der Waals surface area contributed by atoms with Crippen LogP contribution in [0.25, 0.3) is 10.9 Å². The molecule has 0 fully saturated rings. The van der Waals surface area contributed by atoms with Crippen LogP contribution in [-0.4, -0.2) is 28.0 Å². The lowest BCUT2D eigenvalue weighted by atomic mass is 10.0. The van der Waals surface area contributed by atoms with Crippen LogP contribution in [0, 0.1) is 12.3 Å². The average molecular weight is 270 g/mol. The van der Waals surface area contributed by atoms with E-state index in [4.69, 9.17) is 6.42 Å². The molecule has 102 valence electrons. The molecule has 0 spiro atoms. The summed E-state index contributed by atoms with van der Waals surface area (Å²) in [6.45, 7) is 0. The van der Waals surface area contributed by atoms with Gasteiger partial charge < -0.3 is 15.4 Å². The van der Waals surface area contributed by atoms with Gasteiger partial charge in [-0.1, -0.05) is 24.1 Å². The fourth-order valence-electron chi connectivity index (χ4n) is 2.06. The van der Waals surface area contributed by atoms with E-state index in [2.05, 4.69) is 16.2 Å². The van der Waals surface area contributed by atoms with E-state index in [0.29, 0.717) is 0 Å². The monoisotopic (exact) mass is 270 g/mol. The average Bonchev–Trinajstić information content (AvgIpc) is 2.82. The second kappa shape index (κ2) is 5.93. The fourth-order valence-corrected chi connectivity index (χ4v) is 2.06. The van der Waals surface area contributed by atoms with Crippen molar-refractivity contribution in [2.24, 2.45) is 0 Å². The summed E-state index contributed by atoms with van der Waals surface area (Å²) in [6.07, 6.45) is 6.86. The van der Waals surface area contributed by atoms with Gasteiger partial charge in [-0.15, -0.1) is 6.42 Å². The Bertz CT molecular complexity index is 682. The molecule has 0 saturated carbocycles. The topological polar surface area (TPSA) is 82.2 Å². The standard InChI is InChI=1S/C15H14N2O3/c1-2-5-14(18)17-13(15(19)20)8-10-9-16-12-7-4-3-6-11(10)12/h1,3-4,6-7,9,13,16H,5,8H2,(H,17,18)(H,19,20). The predicted octanol–water partition coefficient (Wildman–Crippen LogP) is 1.30. The molecule has 2 rings (SSSR count). The minimum Gasteiger partial charge on any atom is -0.480 e. The van der Waals surface area contributed by atoms with E-state index in [1.54, 1.807) is 6.20 Å². The van der Waals surface area contributed by atoms with Crippen LogP contribution in [0.3, 0.4) is 0 Å². The van der Waals surface area contributed by atoms with Gasteiger partial charge in [0.1, 0.15) is 6.04 Å². The molecule has 1 unspecified atom stereocenters. The van der Waals surface area contributed by atoms with Gasteiger partial charge in [0.15, 0.2) is 0 Å². The molecule has 0 saturated heterocycles. The lowest BCUT2D eigenvalue weighted by Crippen LogP contribution is -2.42. The molecule has 0 aliphatic rings. The quantitative estimate of drug-likeness (QED) is 0.716. The van der Waals surface area contributed by atoms with Crippen molar-refractivity contribution in [2.75, 3.05) is 0 Å². The van der Waals surface area contributed by atoms with Crippen LogP contribution < -0.4 is 5.32 Å². The number of hydrogen-bond acceptors (Lipinski definition) is 2. The van der Waals surface area contributed by atoms with Crippen molar-refractivity contribution in [3.63, 3.8) is 0 Å². The summed E-state index contributed by atoms with van der Waals surface area (Å²) in [7, 11) is 0. The van der Waals surface area contributed by atoms with E-state index in [1.807, 2.05) is 24.3 Å². The molecule has 20 heavy (non-hydrogen) atoms. The molecule has 1 heterocycles. The Morgan fingerprint density at radius 3 is 2.85 bits per heavy atom. The van der Waals surface area contributed by atoms with Crippen LogP contribution in [0.5, 0.6) is 0 Å². The number of benzene rings is 1. The molecular formula is C15H14N2O3. The summed E-state index contributed by atoms with van der Waals surface area (Å²) in [5, 5.41) is 12.6. The van der Waals surface area contributed by atoms with Crippen LogP contribution in [0.15, 0.2) is 30.5 Å². The lowest BCUT2D eigenvalue weighted by molar-refractivity contribution is -0.141. The van der Waals surface area contributed by atoms with Gasteiger partial charge in [0.05, 0.1) is 6.42 Å². The zero-order chi connectivity index (χ0) is 14.5. The Morgan fingerprint density at radius 2 is 2.15 bits per heavy atom. The number of aliphatic carboxylic acids is 1. The van der Waals surface area contributed by atoms with Gasteiger partial charge in [-0.25, -0.2) is 4.79 Å². The lowest BCUT2D eigenvalue weighted by Gasteiger charge is -2.13. The van der Waals surface area contributed by atoms with Crippen molar-refractivity contribution < 1.29 is 14.7 Å². The van der Waals surface area contributed by atoms with E-state index in [1.165, 1.54) is 0 Å². The molecular weight excluding hydrogens is 256 g/mol. The summed E-state index contributed by atoms with van der Waals surface area (Å²) >= 11 is 0. The first-order valence-electron chi connectivity index (χ1n) is 6.12. The molecule has 5 heteroatoms. The molecule has 1 aromatic heterocycles. The van der Waals surface area contributed by atoms with Gasteiger partial charge in [-0.05, 0) is 11.6 Å². The van der Waals surface area contributed by atoms with Crippen molar-refractivity contribution in [3.8, 4) is 12.3 Å². The molecule has 1 atom stereocenters. The number of amides is 1. The number of H-pyrrole nitrogens is 1. The Balaban J connectivity index is 2.18. The first-order chi connectivity index (χ1) is 9.61. The fraction of sp³-hybridized carbons (Fsp3) is 0.200. The number of carboxylic acids is 1. The number of fused-ring (bicyclic) bond motifs is 1. The number of carbonyl (C=O) groups is 2. The first kappa shape index (κ1) is 13.7.